The van der Waals surface area contributed by atoms with Crippen LogP contribution in [-0.2, 0) is 9.53 Å². The van der Waals surface area contributed by atoms with Gasteiger partial charge in [-0.2, -0.15) is 0 Å². The van der Waals surface area contributed by atoms with Crippen LogP contribution in [0.3, 0.4) is 0 Å². The normalized spacial score (nSPS) is 10.3. The average molecular weight is 344 g/mol. The molecule has 10 heteroatoms. The van der Waals surface area contributed by atoms with Crippen molar-refractivity contribution in [2.24, 2.45) is 0 Å². The Morgan fingerprint density at radius 3 is 3.00 bits per heavy atom. The van der Waals surface area contributed by atoms with Gasteiger partial charge in [0.1, 0.15) is 10.7 Å². The van der Waals surface area contributed by atoms with E-state index in [1.54, 1.807) is 18.5 Å². The first kappa shape index (κ1) is 15.7. The van der Waals surface area contributed by atoms with Gasteiger partial charge in [-0.1, -0.05) is 11.8 Å². The van der Waals surface area contributed by atoms with E-state index in [2.05, 4.69) is 15.3 Å². The lowest BCUT2D eigenvalue weighted by Crippen LogP contribution is -2.11. The number of nitrogens with two attached hydrogens (primary N) is 1. The molecule has 21 heavy (non-hydrogen) atoms. The maximum absolute atomic E-state index is 12.0. The molecule has 0 radical (unpaired) electrons. The first-order valence-corrected chi connectivity index (χ1v) is 8.54. The van der Waals surface area contributed by atoms with Gasteiger partial charge in [0.15, 0.2) is 9.47 Å². The predicted molar refractivity (Wildman–Crippen MR) is 84.0 cm³/mol. The van der Waals surface area contributed by atoms with Crippen molar-refractivity contribution in [2.45, 2.75) is 11.3 Å². The molecule has 0 atom stereocenters. The number of aromatic nitrogens is 2. The molecule has 0 aliphatic rings. The SMILES string of the molecule is CCOC(=O)CSc1nc(N)c(C(=O)Nc2nccs2)s1. The number of nitrogens with zero attached hydrogens (tertiary/aromatic N) is 2. The quantitative estimate of drug-likeness (QED) is 0.610. The Balaban J connectivity index is 1.98. The highest BCUT2D eigenvalue weighted by molar-refractivity contribution is 8.01. The van der Waals surface area contributed by atoms with Gasteiger partial charge in [0.25, 0.3) is 5.91 Å². The molecule has 3 N–H and O–H groups in total. The Kier molecular flexibility index (Phi) is 5.53. The van der Waals surface area contributed by atoms with E-state index in [1.165, 1.54) is 23.1 Å². The lowest BCUT2D eigenvalue weighted by molar-refractivity contribution is -0.139. The Morgan fingerprint density at radius 1 is 1.52 bits per heavy atom. The minimum Gasteiger partial charge on any atom is -0.465 e. The summed E-state index contributed by atoms with van der Waals surface area (Å²) in [7, 11) is 0. The van der Waals surface area contributed by atoms with Crippen LogP contribution in [0.2, 0.25) is 0 Å². The molecule has 7 nitrogen and oxygen atoms in total. The number of carbonyl (C=O) groups excluding carboxylic acids is 2. The Bertz CT molecular complexity index is 627. The number of carbonyl (C=O) groups is 2. The molecule has 0 unspecified atom stereocenters. The number of thiazole rings is 2. The van der Waals surface area contributed by atoms with Crippen LogP contribution >= 0.6 is 34.4 Å². The molecule has 0 aliphatic heterocycles. The second-order valence-corrected chi connectivity index (χ2v) is 6.70. The molecule has 0 bridgehead atoms. The standard InChI is InChI=1S/C11H12N4O3S3/c1-2-18-6(16)5-20-11-14-8(12)7(21-11)9(17)15-10-13-3-4-19-10/h3-4H,2,5,12H2,1H3,(H,13,15,17). The van der Waals surface area contributed by atoms with Gasteiger partial charge in [-0.15, -0.1) is 22.7 Å². The third kappa shape index (κ3) is 4.41. The van der Waals surface area contributed by atoms with Crippen molar-refractivity contribution < 1.29 is 14.3 Å². The van der Waals surface area contributed by atoms with Crippen LogP contribution in [-0.4, -0.2) is 34.2 Å². The summed E-state index contributed by atoms with van der Waals surface area (Å²) in [5.41, 5.74) is 5.73. The molecule has 0 saturated carbocycles. The van der Waals surface area contributed by atoms with Crippen LogP contribution < -0.4 is 11.1 Å². The zero-order valence-electron chi connectivity index (χ0n) is 11.0. The number of ether oxygens (including phenoxy) is 1. The number of esters is 1. The molecule has 2 rings (SSSR count). The number of hydrogen-bond donors (Lipinski definition) is 2. The highest BCUT2D eigenvalue weighted by atomic mass is 32.2. The molecule has 0 aliphatic carbocycles. The third-order valence-electron chi connectivity index (χ3n) is 2.11. The second-order valence-electron chi connectivity index (χ2n) is 3.58. The maximum Gasteiger partial charge on any atom is 0.316 e. The van der Waals surface area contributed by atoms with Gasteiger partial charge in [-0.05, 0) is 6.92 Å². The molecule has 2 aromatic rings. The molecular formula is C11H12N4O3S3. The summed E-state index contributed by atoms with van der Waals surface area (Å²) in [6.45, 7) is 2.08. The summed E-state index contributed by atoms with van der Waals surface area (Å²) in [5.74, 6) is -0.415. The number of amides is 1. The van der Waals surface area contributed by atoms with Crippen LogP contribution in [0.25, 0.3) is 0 Å². The van der Waals surface area contributed by atoms with Crippen molar-refractivity contribution in [3.63, 3.8) is 0 Å². The summed E-state index contributed by atoms with van der Waals surface area (Å²) >= 11 is 3.63. The van der Waals surface area contributed by atoms with Crippen LogP contribution in [0.1, 0.15) is 16.6 Å². The number of thioether (sulfide) groups is 1. The van der Waals surface area contributed by atoms with E-state index in [0.717, 1.165) is 11.3 Å². The third-order valence-corrected chi connectivity index (χ3v) is 4.99. The summed E-state index contributed by atoms with van der Waals surface area (Å²) in [6, 6.07) is 0. The molecule has 2 heterocycles. The lowest BCUT2D eigenvalue weighted by atomic mass is 10.5. The first-order chi connectivity index (χ1) is 10.1. The molecular weight excluding hydrogens is 332 g/mol. The van der Waals surface area contributed by atoms with E-state index in [4.69, 9.17) is 10.5 Å². The fourth-order valence-electron chi connectivity index (χ4n) is 1.30. The maximum atomic E-state index is 12.0. The van der Waals surface area contributed by atoms with Gasteiger partial charge >= 0.3 is 5.97 Å². The predicted octanol–water partition coefficient (Wildman–Crippen LogP) is 2.09. The molecule has 112 valence electrons. The Labute approximate surface area is 132 Å². The largest absolute Gasteiger partial charge is 0.465 e. The van der Waals surface area contributed by atoms with Crippen molar-refractivity contribution in [3.8, 4) is 0 Å². The first-order valence-electron chi connectivity index (χ1n) is 5.85. The van der Waals surface area contributed by atoms with E-state index in [-0.39, 0.29) is 23.4 Å². The van der Waals surface area contributed by atoms with Crippen LogP contribution in [0.4, 0.5) is 10.9 Å². The van der Waals surface area contributed by atoms with Crippen LogP contribution in [0, 0.1) is 0 Å². The van der Waals surface area contributed by atoms with Gasteiger partial charge < -0.3 is 10.5 Å². The molecule has 0 aromatic carbocycles. The fraction of sp³-hybridized carbons (Fsp3) is 0.273. The number of nitrogen functional groups attached to an aromatic ring is 1. The number of rotatable bonds is 6. The molecule has 0 spiro atoms. The highest BCUT2D eigenvalue weighted by Crippen LogP contribution is 2.29. The van der Waals surface area contributed by atoms with Crippen molar-refractivity contribution >= 4 is 57.3 Å². The molecule has 0 fully saturated rings. The van der Waals surface area contributed by atoms with Gasteiger partial charge in [0.2, 0.25) is 0 Å². The van der Waals surface area contributed by atoms with Crippen LogP contribution in [0.5, 0.6) is 0 Å². The monoisotopic (exact) mass is 344 g/mol. The van der Waals surface area contributed by atoms with E-state index >= 15 is 0 Å². The zero-order valence-corrected chi connectivity index (χ0v) is 13.4. The Hall–Kier alpha value is -1.65. The van der Waals surface area contributed by atoms with Crippen molar-refractivity contribution in [1.82, 2.24) is 9.97 Å². The van der Waals surface area contributed by atoms with Gasteiger partial charge in [-0.3, -0.25) is 14.9 Å². The number of hydrogen-bond acceptors (Lipinski definition) is 9. The molecule has 1 amide bonds. The summed E-state index contributed by atoms with van der Waals surface area (Å²) < 4.78 is 5.36. The van der Waals surface area contributed by atoms with Crippen LogP contribution in [0.15, 0.2) is 15.9 Å². The lowest BCUT2D eigenvalue weighted by Gasteiger charge is -1.98. The Morgan fingerprint density at radius 2 is 2.33 bits per heavy atom. The average Bonchev–Trinajstić information content (AvgIpc) is 3.06. The topological polar surface area (TPSA) is 107 Å². The highest BCUT2D eigenvalue weighted by Gasteiger charge is 2.18. The van der Waals surface area contributed by atoms with Crippen molar-refractivity contribution in [3.05, 3.63) is 16.5 Å². The van der Waals surface area contributed by atoms with E-state index in [1.807, 2.05) is 0 Å². The van der Waals surface area contributed by atoms with Gasteiger partial charge in [0.05, 0.1) is 12.4 Å². The summed E-state index contributed by atoms with van der Waals surface area (Å²) in [5, 5.41) is 4.89. The smallest absolute Gasteiger partial charge is 0.316 e. The molecule has 0 saturated heterocycles. The van der Waals surface area contributed by atoms with Crippen molar-refractivity contribution in [2.75, 3.05) is 23.4 Å². The summed E-state index contributed by atoms with van der Waals surface area (Å²) in [6.07, 6.45) is 1.59. The number of anilines is 2. The van der Waals surface area contributed by atoms with Gasteiger partial charge in [0, 0.05) is 11.6 Å². The van der Waals surface area contributed by atoms with Gasteiger partial charge in [-0.25, -0.2) is 9.97 Å². The summed E-state index contributed by atoms with van der Waals surface area (Å²) in [4.78, 5) is 31.6. The second kappa shape index (κ2) is 7.38. The van der Waals surface area contributed by atoms with E-state index in [9.17, 15) is 9.59 Å². The minimum absolute atomic E-state index is 0.133. The molecule has 2 aromatic heterocycles. The minimum atomic E-state index is -0.358. The fourth-order valence-corrected chi connectivity index (χ4v) is 3.58. The zero-order chi connectivity index (χ0) is 15.2. The van der Waals surface area contributed by atoms with E-state index in [0.29, 0.717) is 21.0 Å². The van der Waals surface area contributed by atoms with E-state index < -0.39 is 0 Å². The number of nitrogens with one attached hydrogen (secondary N) is 1. The van der Waals surface area contributed by atoms with Crippen molar-refractivity contribution in [1.29, 1.82) is 0 Å².